The third-order valence-corrected chi connectivity index (χ3v) is 4.73. The normalized spacial score (nSPS) is 11.7. The van der Waals surface area contributed by atoms with Crippen molar-refractivity contribution in [1.82, 2.24) is 0 Å². The maximum Gasteiger partial charge on any atom is 0.0465 e. The largest absolute Gasteiger partial charge is 0.355 e. The smallest absolute Gasteiger partial charge is 0.0465 e. The van der Waals surface area contributed by atoms with Gasteiger partial charge in [-0.05, 0) is 47.5 Å². The standard InChI is InChI=1S/C18H11Br2N/c19-11-5-7-17-15(9-11)13-3-1-2-4-14(13)16-10-12(20)6-8-18(16)21-17/h1-10,21H. The predicted molar refractivity (Wildman–Crippen MR) is 96.0 cm³/mol. The molecule has 0 unspecified atom stereocenters. The van der Waals surface area contributed by atoms with Crippen molar-refractivity contribution < 1.29 is 0 Å². The van der Waals surface area contributed by atoms with Gasteiger partial charge in [0.05, 0.1) is 0 Å². The Labute approximate surface area is 140 Å². The maximum absolute atomic E-state index is 3.58. The summed E-state index contributed by atoms with van der Waals surface area (Å²) in [7, 11) is 0. The molecule has 1 aliphatic heterocycles. The van der Waals surface area contributed by atoms with Gasteiger partial charge in [-0.25, -0.2) is 0 Å². The van der Waals surface area contributed by atoms with E-state index < -0.39 is 0 Å². The van der Waals surface area contributed by atoms with Crippen molar-refractivity contribution in [1.29, 1.82) is 0 Å². The van der Waals surface area contributed by atoms with E-state index in [2.05, 4.69) is 97.8 Å². The fourth-order valence-electron chi connectivity index (χ4n) is 2.79. The molecular weight excluding hydrogens is 390 g/mol. The number of fused-ring (bicyclic) bond motifs is 5. The highest BCUT2D eigenvalue weighted by Gasteiger charge is 2.18. The van der Waals surface area contributed by atoms with E-state index in [4.69, 9.17) is 0 Å². The zero-order valence-electron chi connectivity index (χ0n) is 11.0. The Morgan fingerprint density at radius 3 is 1.52 bits per heavy atom. The number of hydrogen-bond acceptors (Lipinski definition) is 1. The molecule has 0 fully saturated rings. The molecule has 0 atom stereocenters. The Balaban J connectivity index is 2.11. The Bertz CT molecular complexity index is 785. The van der Waals surface area contributed by atoms with Crippen LogP contribution >= 0.6 is 31.9 Å². The zero-order valence-corrected chi connectivity index (χ0v) is 14.2. The van der Waals surface area contributed by atoms with Crippen molar-refractivity contribution in [3.63, 3.8) is 0 Å². The molecular formula is C18H11Br2N. The van der Waals surface area contributed by atoms with Crippen molar-refractivity contribution in [2.45, 2.75) is 0 Å². The number of rotatable bonds is 0. The molecule has 0 spiro atoms. The van der Waals surface area contributed by atoms with Gasteiger partial charge in [0, 0.05) is 31.4 Å². The van der Waals surface area contributed by atoms with Crippen molar-refractivity contribution in [2.24, 2.45) is 0 Å². The highest BCUT2D eigenvalue weighted by Crippen LogP contribution is 2.45. The molecule has 3 aromatic carbocycles. The summed E-state index contributed by atoms with van der Waals surface area (Å²) in [5, 5.41) is 3.56. The first-order chi connectivity index (χ1) is 10.2. The van der Waals surface area contributed by atoms with E-state index in [0.29, 0.717) is 0 Å². The van der Waals surface area contributed by atoms with E-state index in [-0.39, 0.29) is 0 Å². The molecule has 0 aromatic heterocycles. The van der Waals surface area contributed by atoms with Crippen molar-refractivity contribution in [3.8, 4) is 22.3 Å². The minimum Gasteiger partial charge on any atom is -0.355 e. The van der Waals surface area contributed by atoms with Crippen LogP contribution in [-0.4, -0.2) is 0 Å². The molecule has 21 heavy (non-hydrogen) atoms. The number of anilines is 2. The molecule has 4 rings (SSSR count). The molecule has 0 saturated carbocycles. The van der Waals surface area contributed by atoms with E-state index in [0.717, 1.165) is 20.3 Å². The topological polar surface area (TPSA) is 12.0 Å². The molecule has 3 heteroatoms. The molecule has 0 saturated heterocycles. The van der Waals surface area contributed by atoms with Crippen molar-refractivity contribution >= 4 is 43.2 Å². The first kappa shape index (κ1) is 13.1. The summed E-state index contributed by atoms with van der Waals surface area (Å²) in [6.45, 7) is 0. The fourth-order valence-corrected chi connectivity index (χ4v) is 3.52. The lowest BCUT2D eigenvalue weighted by molar-refractivity contribution is 1.55. The molecule has 1 N–H and O–H groups in total. The lowest BCUT2D eigenvalue weighted by Gasteiger charge is -2.10. The SMILES string of the molecule is Brc1ccc2c(c1)-c1ccccc1-c1cc(Br)ccc1N2. The lowest BCUT2D eigenvalue weighted by Crippen LogP contribution is -1.91. The van der Waals surface area contributed by atoms with Crippen molar-refractivity contribution in [2.75, 3.05) is 5.32 Å². The van der Waals surface area contributed by atoms with Crippen LogP contribution in [0.5, 0.6) is 0 Å². The van der Waals surface area contributed by atoms with Gasteiger partial charge in [-0.2, -0.15) is 0 Å². The van der Waals surface area contributed by atoms with Crippen LogP contribution in [0.3, 0.4) is 0 Å². The molecule has 1 nitrogen and oxygen atoms in total. The molecule has 0 amide bonds. The van der Waals surface area contributed by atoms with Crippen LogP contribution in [0.4, 0.5) is 11.4 Å². The quantitative estimate of drug-likeness (QED) is 0.350. The van der Waals surface area contributed by atoms with Crippen LogP contribution in [0.2, 0.25) is 0 Å². The number of nitrogens with one attached hydrogen (secondary N) is 1. The third kappa shape index (κ3) is 2.21. The van der Waals surface area contributed by atoms with Gasteiger partial charge in [-0.15, -0.1) is 0 Å². The van der Waals surface area contributed by atoms with Crippen LogP contribution in [0.15, 0.2) is 69.6 Å². The third-order valence-electron chi connectivity index (χ3n) is 3.74. The minimum atomic E-state index is 1.09. The van der Waals surface area contributed by atoms with Crippen molar-refractivity contribution in [3.05, 3.63) is 69.6 Å². The summed E-state index contributed by atoms with van der Waals surface area (Å²) >= 11 is 7.16. The average Bonchev–Trinajstić information content (AvgIpc) is 2.63. The Hall–Kier alpha value is -1.58. The molecule has 0 aliphatic carbocycles. The summed E-state index contributed by atoms with van der Waals surface area (Å²) in [5.41, 5.74) is 7.19. The van der Waals surface area contributed by atoms with Gasteiger partial charge in [-0.1, -0.05) is 56.1 Å². The fraction of sp³-hybridized carbons (Fsp3) is 0. The molecule has 1 heterocycles. The highest BCUT2D eigenvalue weighted by molar-refractivity contribution is 9.10. The van der Waals surface area contributed by atoms with E-state index in [9.17, 15) is 0 Å². The molecule has 102 valence electrons. The van der Waals surface area contributed by atoms with Crippen LogP contribution in [0, 0.1) is 0 Å². The first-order valence-electron chi connectivity index (χ1n) is 6.68. The molecule has 1 aliphatic rings. The summed E-state index contributed by atoms with van der Waals surface area (Å²) < 4.78 is 2.18. The van der Waals surface area contributed by atoms with Gasteiger partial charge in [-0.3, -0.25) is 0 Å². The van der Waals surface area contributed by atoms with Crippen LogP contribution in [0.25, 0.3) is 22.3 Å². The Kier molecular flexibility index (Phi) is 3.12. The van der Waals surface area contributed by atoms with Gasteiger partial charge in [0.15, 0.2) is 0 Å². The molecule has 0 radical (unpaired) electrons. The summed E-state index contributed by atoms with van der Waals surface area (Å²) in [6.07, 6.45) is 0. The predicted octanol–water partition coefficient (Wildman–Crippen LogP) is 6.60. The second kappa shape index (κ2) is 5.00. The van der Waals surface area contributed by atoms with E-state index in [1.807, 2.05) is 0 Å². The monoisotopic (exact) mass is 399 g/mol. The maximum atomic E-state index is 3.58. The van der Waals surface area contributed by atoms with Crippen LogP contribution < -0.4 is 5.32 Å². The van der Waals surface area contributed by atoms with E-state index in [1.54, 1.807) is 0 Å². The van der Waals surface area contributed by atoms with Gasteiger partial charge in [0.25, 0.3) is 0 Å². The van der Waals surface area contributed by atoms with Gasteiger partial charge in [0.1, 0.15) is 0 Å². The van der Waals surface area contributed by atoms with Crippen LogP contribution in [-0.2, 0) is 0 Å². The number of hydrogen-bond donors (Lipinski definition) is 1. The van der Waals surface area contributed by atoms with Gasteiger partial charge >= 0.3 is 0 Å². The number of benzene rings is 3. The Morgan fingerprint density at radius 2 is 1.05 bits per heavy atom. The van der Waals surface area contributed by atoms with Gasteiger partial charge in [0.2, 0.25) is 0 Å². The Morgan fingerprint density at radius 1 is 0.571 bits per heavy atom. The summed E-state index contributed by atoms with van der Waals surface area (Å²) in [5.74, 6) is 0. The van der Waals surface area contributed by atoms with E-state index in [1.165, 1.54) is 22.3 Å². The second-order valence-electron chi connectivity index (χ2n) is 5.05. The van der Waals surface area contributed by atoms with Crippen LogP contribution in [0.1, 0.15) is 0 Å². The molecule has 0 bridgehead atoms. The summed E-state index contributed by atoms with van der Waals surface area (Å²) in [6, 6.07) is 21.2. The first-order valence-corrected chi connectivity index (χ1v) is 8.27. The summed E-state index contributed by atoms with van der Waals surface area (Å²) in [4.78, 5) is 0. The average molecular weight is 401 g/mol. The number of halogens is 2. The minimum absolute atomic E-state index is 1.09. The molecule has 3 aromatic rings. The second-order valence-corrected chi connectivity index (χ2v) is 6.88. The highest BCUT2D eigenvalue weighted by atomic mass is 79.9. The van der Waals surface area contributed by atoms with E-state index >= 15 is 0 Å². The van der Waals surface area contributed by atoms with Gasteiger partial charge < -0.3 is 5.32 Å². The zero-order chi connectivity index (χ0) is 14.4. The lowest BCUT2D eigenvalue weighted by atomic mass is 9.95.